The summed E-state index contributed by atoms with van der Waals surface area (Å²) in [6, 6.07) is 13.5. The molecular weight excluding hydrogens is 280 g/mol. The Morgan fingerprint density at radius 1 is 1.09 bits per heavy atom. The van der Waals surface area contributed by atoms with Gasteiger partial charge in [0.05, 0.1) is 13.0 Å². The van der Waals surface area contributed by atoms with Crippen LogP contribution in [0.5, 0.6) is 5.75 Å². The number of carbonyl (C=O) groups excluding carboxylic acids is 1. The van der Waals surface area contributed by atoms with E-state index in [1.807, 2.05) is 36.4 Å². The standard InChI is InChI=1S/C16H18N4O2/c21-16(10-11-22-13-4-2-1-3-5-13)18-15-9-8-14(19-20-15)17-12-6-7-12/h1-5,8-9,12H,6-7,10-11H2,(H,17,19)(H,18,20,21). The Morgan fingerprint density at radius 2 is 1.82 bits per heavy atom. The summed E-state index contributed by atoms with van der Waals surface area (Å²) in [5.41, 5.74) is 0. The monoisotopic (exact) mass is 298 g/mol. The molecule has 0 spiro atoms. The van der Waals surface area contributed by atoms with E-state index >= 15 is 0 Å². The Hall–Kier alpha value is -2.63. The van der Waals surface area contributed by atoms with E-state index in [0.29, 0.717) is 18.5 Å². The molecule has 1 saturated carbocycles. The van der Waals surface area contributed by atoms with Gasteiger partial charge in [0.1, 0.15) is 11.6 Å². The predicted molar refractivity (Wildman–Crippen MR) is 83.9 cm³/mol. The van der Waals surface area contributed by atoms with Crippen LogP contribution in [0, 0.1) is 0 Å². The lowest BCUT2D eigenvalue weighted by Crippen LogP contribution is -2.16. The fourth-order valence-electron chi connectivity index (χ4n) is 1.90. The number of anilines is 2. The molecule has 0 bridgehead atoms. The fraction of sp³-hybridized carbons (Fsp3) is 0.312. The van der Waals surface area contributed by atoms with Gasteiger partial charge in [-0.2, -0.15) is 0 Å². The highest BCUT2D eigenvalue weighted by atomic mass is 16.5. The van der Waals surface area contributed by atoms with Crippen LogP contribution in [-0.2, 0) is 4.79 Å². The molecule has 1 heterocycles. The molecule has 114 valence electrons. The summed E-state index contributed by atoms with van der Waals surface area (Å²) in [6.45, 7) is 0.324. The lowest BCUT2D eigenvalue weighted by Gasteiger charge is -2.07. The first kappa shape index (κ1) is 14.3. The minimum absolute atomic E-state index is 0.145. The zero-order valence-electron chi connectivity index (χ0n) is 12.2. The van der Waals surface area contributed by atoms with Gasteiger partial charge in [-0.1, -0.05) is 18.2 Å². The first-order valence-electron chi connectivity index (χ1n) is 7.37. The van der Waals surface area contributed by atoms with Gasteiger partial charge in [0, 0.05) is 6.04 Å². The number of nitrogens with one attached hydrogen (secondary N) is 2. The maximum atomic E-state index is 11.8. The van der Waals surface area contributed by atoms with E-state index in [2.05, 4.69) is 20.8 Å². The number of hydrogen-bond donors (Lipinski definition) is 2. The highest BCUT2D eigenvalue weighted by molar-refractivity contribution is 5.89. The molecule has 1 aromatic heterocycles. The van der Waals surface area contributed by atoms with Crippen molar-refractivity contribution in [2.24, 2.45) is 0 Å². The normalized spacial score (nSPS) is 13.5. The lowest BCUT2D eigenvalue weighted by atomic mass is 10.3. The Balaban J connectivity index is 1.41. The fourth-order valence-corrected chi connectivity index (χ4v) is 1.90. The van der Waals surface area contributed by atoms with E-state index in [-0.39, 0.29) is 12.3 Å². The van der Waals surface area contributed by atoms with Gasteiger partial charge < -0.3 is 15.4 Å². The number of aromatic nitrogens is 2. The molecule has 22 heavy (non-hydrogen) atoms. The van der Waals surface area contributed by atoms with Crippen molar-refractivity contribution in [2.75, 3.05) is 17.2 Å². The number of hydrogen-bond acceptors (Lipinski definition) is 5. The number of para-hydroxylation sites is 1. The number of ether oxygens (including phenoxy) is 1. The number of carbonyl (C=O) groups is 1. The minimum atomic E-state index is -0.145. The summed E-state index contributed by atoms with van der Waals surface area (Å²) < 4.78 is 5.48. The van der Waals surface area contributed by atoms with E-state index in [0.717, 1.165) is 11.6 Å². The number of amides is 1. The van der Waals surface area contributed by atoms with E-state index in [1.54, 1.807) is 6.07 Å². The van der Waals surface area contributed by atoms with Crippen molar-refractivity contribution in [3.63, 3.8) is 0 Å². The van der Waals surface area contributed by atoms with E-state index in [9.17, 15) is 4.79 Å². The van der Waals surface area contributed by atoms with Crippen molar-refractivity contribution >= 4 is 17.5 Å². The summed E-state index contributed by atoms with van der Waals surface area (Å²) in [5, 5.41) is 14.0. The molecule has 0 saturated heterocycles. The van der Waals surface area contributed by atoms with Crippen LogP contribution in [0.2, 0.25) is 0 Å². The third kappa shape index (κ3) is 4.44. The van der Waals surface area contributed by atoms with Gasteiger partial charge in [-0.3, -0.25) is 4.79 Å². The second-order valence-electron chi connectivity index (χ2n) is 5.18. The highest BCUT2D eigenvalue weighted by Crippen LogP contribution is 2.23. The van der Waals surface area contributed by atoms with Crippen molar-refractivity contribution in [3.8, 4) is 5.75 Å². The SMILES string of the molecule is O=C(CCOc1ccccc1)Nc1ccc(NC2CC2)nn1. The van der Waals surface area contributed by atoms with Crippen LogP contribution in [0.3, 0.4) is 0 Å². The molecule has 3 rings (SSSR count). The van der Waals surface area contributed by atoms with Gasteiger partial charge in [-0.05, 0) is 37.1 Å². The Bertz CT molecular complexity index is 612. The van der Waals surface area contributed by atoms with Crippen molar-refractivity contribution in [3.05, 3.63) is 42.5 Å². The quantitative estimate of drug-likeness (QED) is 0.821. The van der Waals surface area contributed by atoms with Crippen molar-refractivity contribution in [1.29, 1.82) is 0 Å². The van der Waals surface area contributed by atoms with Gasteiger partial charge in [-0.25, -0.2) is 0 Å². The number of nitrogens with zero attached hydrogens (tertiary/aromatic N) is 2. The maximum absolute atomic E-state index is 11.8. The Morgan fingerprint density at radius 3 is 2.50 bits per heavy atom. The summed E-state index contributed by atoms with van der Waals surface area (Å²) in [5.74, 6) is 1.80. The third-order valence-corrected chi connectivity index (χ3v) is 3.20. The summed E-state index contributed by atoms with van der Waals surface area (Å²) in [6.07, 6.45) is 2.63. The molecular formula is C16H18N4O2. The highest BCUT2D eigenvalue weighted by Gasteiger charge is 2.21. The van der Waals surface area contributed by atoms with Crippen molar-refractivity contribution < 1.29 is 9.53 Å². The molecule has 0 aliphatic heterocycles. The van der Waals surface area contributed by atoms with Gasteiger partial charge in [-0.15, -0.1) is 10.2 Å². The van der Waals surface area contributed by atoms with Crippen LogP contribution in [-0.4, -0.2) is 28.8 Å². The largest absolute Gasteiger partial charge is 0.493 e. The Kier molecular flexibility index (Phi) is 4.48. The molecule has 0 atom stereocenters. The molecule has 1 amide bonds. The average molecular weight is 298 g/mol. The van der Waals surface area contributed by atoms with Crippen LogP contribution in [0.4, 0.5) is 11.6 Å². The summed E-state index contributed by atoms with van der Waals surface area (Å²) >= 11 is 0. The first-order valence-corrected chi connectivity index (χ1v) is 7.37. The average Bonchev–Trinajstić information content (AvgIpc) is 3.34. The van der Waals surface area contributed by atoms with E-state index in [4.69, 9.17) is 4.74 Å². The van der Waals surface area contributed by atoms with E-state index in [1.165, 1.54) is 12.8 Å². The first-order chi connectivity index (χ1) is 10.8. The van der Waals surface area contributed by atoms with Crippen LogP contribution in [0.1, 0.15) is 19.3 Å². The maximum Gasteiger partial charge on any atom is 0.229 e. The van der Waals surface area contributed by atoms with Crippen molar-refractivity contribution in [2.45, 2.75) is 25.3 Å². The van der Waals surface area contributed by atoms with Crippen LogP contribution >= 0.6 is 0 Å². The molecule has 1 fully saturated rings. The number of rotatable bonds is 7. The Labute approximate surface area is 128 Å². The molecule has 6 nitrogen and oxygen atoms in total. The lowest BCUT2D eigenvalue weighted by molar-refractivity contribution is -0.116. The second kappa shape index (κ2) is 6.89. The van der Waals surface area contributed by atoms with Gasteiger partial charge >= 0.3 is 0 Å². The van der Waals surface area contributed by atoms with Crippen LogP contribution in [0.15, 0.2) is 42.5 Å². The molecule has 1 aromatic carbocycles. The van der Waals surface area contributed by atoms with Crippen molar-refractivity contribution in [1.82, 2.24) is 10.2 Å². The van der Waals surface area contributed by atoms with E-state index < -0.39 is 0 Å². The molecule has 1 aliphatic carbocycles. The predicted octanol–water partition coefficient (Wildman–Crippen LogP) is 2.46. The molecule has 0 unspecified atom stereocenters. The molecule has 2 N–H and O–H groups in total. The summed E-state index contributed by atoms with van der Waals surface area (Å²) in [7, 11) is 0. The topological polar surface area (TPSA) is 76.1 Å². The zero-order chi connectivity index (χ0) is 15.2. The summed E-state index contributed by atoms with van der Waals surface area (Å²) in [4.78, 5) is 11.8. The van der Waals surface area contributed by atoms with Gasteiger partial charge in [0.15, 0.2) is 5.82 Å². The minimum Gasteiger partial charge on any atom is -0.493 e. The zero-order valence-corrected chi connectivity index (χ0v) is 12.2. The molecule has 1 aliphatic rings. The molecule has 6 heteroatoms. The smallest absolute Gasteiger partial charge is 0.229 e. The van der Waals surface area contributed by atoms with Crippen LogP contribution < -0.4 is 15.4 Å². The number of benzene rings is 1. The van der Waals surface area contributed by atoms with Crippen LogP contribution in [0.25, 0.3) is 0 Å². The second-order valence-corrected chi connectivity index (χ2v) is 5.18. The third-order valence-electron chi connectivity index (χ3n) is 3.20. The van der Waals surface area contributed by atoms with Gasteiger partial charge in [0.25, 0.3) is 0 Å². The molecule has 2 aromatic rings. The molecule has 0 radical (unpaired) electrons. The van der Waals surface area contributed by atoms with Gasteiger partial charge in [0.2, 0.25) is 5.91 Å².